The molecule has 1 unspecified atom stereocenters. The third-order valence-electron chi connectivity index (χ3n) is 4.77. The van der Waals surface area contributed by atoms with Crippen molar-refractivity contribution in [3.05, 3.63) is 57.1 Å². The van der Waals surface area contributed by atoms with Gasteiger partial charge in [-0.05, 0) is 56.7 Å². The monoisotopic (exact) mass is 430 g/mol. The molecule has 0 fully saturated rings. The molecule has 2 rings (SSSR count). The highest BCUT2D eigenvalue weighted by Crippen LogP contribution is 2.12. The van der Waals surface area contributed by atoms with Gasteiger partial charge >= 0.3 is 11.9 Å². The van der Waals surface area contributed by atoms with Crippen LogP contribution in [0, 0.1) is 6.92 Å². The first-order valence-electron chi connectivity index (χ1n) is 9.87. The number of carboxylic acids is 2. The Morgan fingerprint density at radius 3 is 2.35 bits per heavy atom. The molecule has 1 heterocycles. The summed E-state index contributed by atoms with van der Waals surface area (Å²) < 4.78 is 0. The average Bonchev–Trinajstić information content (AvgIpc) is 2.69. The molecule has 0 aliphatic rings. The number of aliphatic carboxylic acids is 2. The number of nitrogens with zero attached hydrogens (tertiary/aromatic N) is 1. The maximum absolute atomic E-state index is 12.2. The molecule has 0 bridgehead atoms. The van der Waals surface area contributed by atoms with E-state index in [1.807, 2.05) is 0 Å². The number of aryl methyl sites for hydroxylation is 2. The zero-order chi connectivity index (χ0) is 23.0. The number of nitrogens with two attached hydrogens (primary N) is 1. The molecule has 31 heavy (non-hydrogen) atoms. The molecule has 0 aliphatic heterocycles. The van der Waals surface area contributed by atoms with E-state index in [9.17, 15) is 19.2 Å². The third kappa shape index (κ3) is 7.25. The second-order valence-electron chi connectivity index (χ2n) is 7.22. The van der Waals surface area contributed by atoms with Crippen molar-refractivity contribution in [1.82, 2.24) is 15.3 Å². The minimum Gasteiger partial charge on any atom is -0.481 e. The number of carbonyl (C=O) groups excluding carboxylic acids is 1. The quantitative estimate of drug-likeness (QED) is 0.331. The molecule has 0 aliphatic carbocycles. The summed E-state index contributed by atoms with van der Waals surface area (Å²) in [5, 5.41) is 20.2. The van der Waals surface area contributed by atoms with Crippen LogP contribution >= 0.6 is 0 Å². The Morgan fingerprint density at radius 2 is 1.77 bits per heavy atom. The van der Waals surface area contributed by atoms with Crippen molar-refractivity contribution in [3.63, 3.8) is 0 Å². The van der Waals surface area contributed by atoms with E-state index in [1.165, 1.54) is 0 Å². The first kappa shape index (κ1) is 23.6. The van der Waals surface area contributed by atoms with E-state index in [2.05, 4.69) is 15.3 Å². The van der Waals surface area contributed by atoms with Crippen molar-refractivity contribution in [2.45, 2.75) is 51.5 Å². The molecule has 2 aromatic rings. The van der Waals surface area contributed by atoms with Gasteiger partial charge in [-0.25, -0.2) is 9.78 Å². The molecule has 1 aromatic heterocycles. The van der Waals surface area contributed by atoms with Gasteiger partial charge in [-0.3, -0.25) is 14.4 Å². The topological polar surface area (TPSA) is 175 Å². The van der Waals surface area contributed by atoms with Gasteiger partial charge in [0.25, 0.3) is 11.5 Å². The summed E-state index contributed by atoms with van der Waals surface area (Å²) in [7, 11) is 0. The highest BCUT2D eigenvalue weighted by Gasteiger charge is 2.21. The van der Waals surface area contributed by atoms with Gasteiger partial charge in [0.2, 0.25) is 0 Å². The van der Waals surface area contributed by atoms with Gasteiger partial charge in [-0.1, -0.05) is 12.1 Å². The van der Waals surface area contributed by atoms with Gasteiger partial charge in [-0.15, -0.1) is 0 Å². The van der Waals surface area contributed by atoms with Gasteiger partial charge in [0, 0.05) is 12.0 Å². The van der Waals surface area contributed by atoms with E-state index in [-0.39, 0.29) is 29.8 Å². The number of aromatic amines is 1. The predicted molar refractivity (Wildman–Crippen MR) is 113 cm³/mol. The Hall–Kier alpha value is -3.69. The van der Waals surface area contributed by atoms with E-state index in [0.717, 1.165) is 24.8 Å². The molecule has 166 valence electrons. The number of H-pyrrole nitrogens is 1. The SMILES string of the molecule is Cc1nc(N)c(CCCCc2ccc(C(=O)NC(CCC(=O)O)C(=O)O)cc2)c(=O)[nH]1. The maximum Gasteiger partial charge on any atom is 0.326 e. The largest absolute Gasteiger partial charge is 0.481 e. The van der Waals surface area contributed by atoms with Crippen LogP contribution in [0.1, 0.15) is 53.0 Å². The molecule has 1 aromatic carbocycles. The summed E-state index contributed by atoms with van der Waals surface area (Å²) in [6.07, 6.45) is 2.24. The average molecular weight is 430 g/mol. The van der Waals surface area contributed by atoms with Gasteiger partial charge < -0.3 is 26.2 Å². The van der Waals surface area contributed by atoms with Crippen molar-refractivity contribution in [1.29, 1.82) is 0 Å². The Bertz CT molecular complexity index is 1000. The first-order valence-corrected chi connectivity index (χ1v) is 9.87. The second kappa shape index (κ2) is 10.9. The molecule has 10 heteroatoms. The van der Waals surface area contributed by atoms with Crippen molar-refractivity contribution in [2.75, 3.05) is 5.73 Å². The Kier molecular flexibility index (Phi) is 8.30. The standard InChI is InChI=1S/C21H26N4O6/c1-12-23-18(22)15(20(29)24-12)5-3-2-4-13-6-8-14(9-7-13)19(28)25-16(21(30)31)10-11-17(26)27/h6-9,16H,2-5,10-11H2,1H3,(H,25,28)(H,26,27)(H,30,31)(H3,22,23,24,29). The van der Waals surface area contributed by atoms with E-state index < -0.39 is 23.9 Å². The summed E-state index contributed by atoms with van der Waals surface area (Å²) in [4.78, 5) is 52.7. The number of carboxylic acid groups (broad SMARTS) is 2. The molecule has 1 amide bonds. The summed E-state index contributed by atoms with van der Waals surface area (Å²) in [5.74, 6) is -2.26. The molecule has 1 atom stereocenters. The van der Waals surface area contributed by atoms with Crippen LogP contribution in [-0.4, -0.2) is 44.1 Å². The summed E-state index contributed by atoms with van der Waals surface area (Å²) in [5.41, 5.74) is 7.35. The van der Waals surface area contributed by atoms with Crippen molar-refractivity contribution in [3.8, 4) is 0 Å². The summed E-state index contributed by atoms with van der Waals surface area (Å²) in [6, 6.07) is 5.46. The lowest BCUT2D eigenvalue weighted by atomic mass is 10.0. The zero-order valence-corrected chi connectivity index (χ0v) is 17.2. The Balaban J connectivity index is 1.86. The van der Waals surface area contributed by atoms with Crippen LogP contribution in [0.15, 0.2) is 29.1 Å². The highest BCUT2D eigenvalue weighted by molar-refractivity contribution is 5.96. The van der Waals surface area contributed by atoms with Crippen molar-refractivity contribution >= 4 is 23.7 Å². The highest BCUT2D eigenvalue weighted by atomic mass is 16.4. The normalized spacial score (nSPS) is 11.6. The summed E-state index contributed by atoms with van der Waals surface area (Å²) >= 11 is 0. The number of nitrogen functional groups attached to an aromatic ring is 1. The number of unbranched alkanes of at least 4 members (excludes halogenated alkanes) is 1. The van der Waals surface area contributed by atoms with Gasteiger partial charge in [-0.2, -0.15) is 0 Å². The number of aromatic nitrogens is 2. The number of benzene rings is 1. The van der Waals surface area contributed by atoms with E-state index in [4.69, 9.17) is 15.9 Å². The molecule has 0 spiro atoms. The first-order chi connectivity index (χ1) is 14.7. The second-order valence-corrected chi connectivity index (χ2v) is 7.22. The number of rotatable bonds is 11. The molecule has 0 radical (unpaired) electrons. The number of nitrogens with one attached hydrogen (secondary N) is 2. The number of carbonyl (C=O) groups is 3. The molecule has 6 N–H and O–H groups in total. The Morgan fingerprint density at radius 1 is 1.13 bits per heavy atom. The van der Waals surface area contributed by atoms with E-state index in [1.54, 1.807) is 31.2 Å². The van der Waals surface area contributed by atoms with Crippen LogP contribution in [0.4, 0.5) is 5.82 Å². The maximum atomic E-state index is 12.2. The van der Waals surface area contributed by atoms with Crippen LogP contribution < -0.4 is 16.6 Å². The lowest BCUT2D eigenvalue weighted by Gasteiger charge is -2.13. The van der Waals surface area contributed by atoms with Crippen LogP contribution in [0.3, 0.4) is 0 Å². The van der Waals surface area contributed by atoms with Gasteiger partial charge in [0.05, 0.1) is 5.56 Å². The number of amides is 1. The molecule has 0 saturated carbocycles. The van der Waals surface area contributed by atoms with Crippen molar-refractivity contribution in [2.24, 2.45) is 0 Å². The molecular formula is C21H26N4O6. The lowest BCUT2D eigenvalue weighted by Crippen LogP contribution is -2.41. The van der Waals surface area contributed by atoms with E-state index in [0.29, 0.717) is 17.8 Å². The molecule has 0 saturated heterocycles. The molecule has 10 nitrogen and oxygen atoms in total. The van der Waals surface area contributed by atoms with E-state index >= 15 is 0 Å². The fourth-order valence-electron chi connectivity index (χ4n) is 3.09. The van der Waals surface area contributed by atoms with Crippen LogP contribution in [0.25, 0.3) is 0 Å². The lowest BCUT2D eigenvalue weighted by molar-refractivity contribution is -0.140. The van der Waals surface area contributed by atoms with Gasteiger partial charge in [0.1, 0.15) is 17.7 Å². The minimum atomic E-state index is -1.28. The fourth-order valence-corrected chi connectivity index (χ4v) is 3.09. The Labute approximate surface area is 178 Å². The van der Waals surface area contributed by atoms with Crippen LogP contribution in [-0.2, 0) is 22.4 Å². The van der Waals surface area contributed by atoms with Crippen LogP contribution in [0.2, 0.25) is 0 Å². The van der Waals surface area contributed by atoms with Crippen LogP contribution in [0.5, 0.6) is 0 Å². The third-order valence-corrected chi connectivity index (χ3v) is 4.77. The molecular weight excluding hydrogens is 404 g/mol. The number of hydrogen-bond donors (Lipinski definition) is 5. The summed E-state index contributed by atoms with van der Waals surface area (Å²) in [6.45, 7) is 1.67. The van der Waals surface area contributed by atoms with Crippen molar-refractivity contribution < 1.29 is 24.6 Å². The smallest absolute Gasteiger partial charge is 0.326 e. The van der Waals surface area contributed by atoms with Gasteiger partial charge in [0.15, 0.2) is 0 Å². The number of hydrogen-bond acceptors (Lipinski definition) is 6. The minimum absolute atomic E-state index is 0.196. The zero-order valence-electron chi connectivity index (χ0n) is 17.2. The predicted octanol–water partition coefficient (Wildman–Crippen LogP) is 1.27. The fraction of sp³-hybridized carbons (Fsp3) is 0.381. The number of anilines is 1.